The van der Waals surface area contributed by atoms with Gasteiger partial charge in [0.1, 0.15) is 0 Å². The highest BCUT2D eigenvalue weighted by Crippen LogP contribution is 2.26. The van der Waals surface area contributed by atoms with Crippen molar-refractivity contribution in [2.75, 3.05) is 0 Å². The topological polar surface area (TPSA) is 34.1 Å². The van der Waals surface area contributed by atoms with Crippen LogP contribution in [0.15, 0.2) is 23.9 Å². The highest BCUT2D eigenvalue weighted by molar-refractivity contribution is 7.90. The first-order chi connectivity index (χ1) is 7.75. The Morgan fingerprint density at radius 2 is 1.76 bits per heavy atom. The summed E-state index contributed by atoms with van der Waals surface area (Å²) in [6.45, 7) is 6.84. The summed E-state index contributed by atoms with van der Waals surface area (Å²) in [5.41, 5.74) is 5.33. The lowest BCUT2D eigenvalue weighted by molar-refractivity contribution is 0.598. The van der Waals surface area contributed by atoms with Crippen LogP contribution in [-0.4, -0.2) is 16.5 Å². The minimum Gasteiger partial charge on any atom is -0.228 e. The van der Waals surface area contributed by atoms with Crippen molar-refractivity contribution in [2.45, 2.75) is 31.1 Å². The van der Waals surface area contributed by atoms with Gasteiger partial charge >= 0.3 is 0 Å². The van der Waals surface area contributed by atoms with E-state index in [9.17, 15) is 8.42 Å². The van der Waals surface area contributed by atoms with Gasteiger partial charge in [-0.3, -0.25) is 0 Å². The number of benzene rings is 1. The Labute approximate surface area is 104 Å². The number of hydrogen-bond acceptors (Lipinski definition) is 2. The fourth-order valence-corrected chi connectivity index (χ4v) is 4.19. The minimum absolute atomic E-state index is 0.205. The first-order valence-corrected chi connectivity index (χ1v) is 11.2. The lowest BCUT2D eigenvalue weighted by atomic mass is 10.1. The molecule has 92 valence electrons. The van der Waals surface area contributed by atoms with Gasteiger partial charge in [-0.25, -0.2) is 8.42 Å². The number of sulfone groups is 1. The Hall–Kier alpha value is -0.873. The van der Waals surface area contributed by atoms with Gasteiger partial charge in [-0.05, 0) is 16.7 Å². The van der Waals surface area contributed by atoms with Crippen molar-refractivity contribution in [3.05, 3.63) is 40.6 Å². The zero-order valence-corrected chi connectivity index (χ0v) is 12.3. The standard InChI is InChI=1S/C13H18O2SSi/c1-17(2,3)7-6-11-4-5-12-9-16(14,15)10-13(12)8-11/h4-8H,9-10H2,1-3H3/b7-6+. The van der Waals surface area contributed by atoms with E-state index in [0.717, 1.165) is 16.7 Å². The molecule has 4 heteroatoms. The molecule has 1 aromatic rings. The molecule has 17 heavy (non-hydrogen) atoms. The molecule has 0 N–H and O–H groups in total. The van der Waals surface area contributed by atoms with Gasteiger partial charge in [0.15, 0.2) is 9.84 Å². The lowest BCUT2D eigenvalue weighted by Crippen LogP contribution is -2.15. The minimum atomic E-state index is -2.88. The zero-order valence-electron chi connectivity index (χ0n) is 10.5. The monoisotopic (exact) mass is 266 g/mol. The van der Waals surface area contributed by atoms with Crippen LogP contribution in [0.4, 0.5) is 0 Å². The van der Waals surface area contributed by atoms with E-state index in [1.54, 1.807) is 0 Å². The maximum atomic E-state index is 11.5. The molecule has 2 rings (SSSR count). The molecule has 0 spiro atoms. The van der Waals surface area contributed by atoms with Crippen LogP contribution in [0.3, 0.4) is 0 Å². The number of rotatable bonds is 2. The maximum absolute atomic E-state index is 11.5. The Morgan fingerprint density at radius 3 is 2.41 bits per heavy atom. The normalized spacial score (nSPS) is 18.5. The summed E-state index contributed by atoms with van der Waals surface area (Å²) in [4.78, 5) is 0. The van der Waals surface area contributed by atoms with E-state index in [2.05, 4.69) is 31.4 Å². The van der Waals surface area contributed by atoms with Crippen molar-refractivity contribution in [3.63, 3.8) is 0 Å². The molecule has 0 aromatic heterocycles. The van der Waals surface area contributed by atoms with Crippen molar-refractivity contribution in [1.82, 2.24) is 0 Å². The smallest absolute Gasteiger partial charge is 0.158 e. The van der Waals surface area contributed by atoms with Gasteiger partial charge in [-0.2, -0.15) is 0 Å². The molecule has 2 nitrogen and oxygen atoms in total. The molecule has 0 unspecified atom stereocenters. The van der Waals surface area contributed by atoms with Gasteiger partial charge < -0.3 is 0 Å². The van der Waals surface area contributed by atoms with Crippen LogP contribution in [-0.2, 0) is 21.3 Å². The van der Waals surface area contributed by atoms with Crippen molar-refractivity contribution in [1.29, 1.82) is 0 Å². The van der Waals surface area contributed by atoms with Gasteiger partial charge in [0, 0.05) is 0 Å². The van der Waals surface area contributed by atoms with Crippen molar-refractivity contribution < 1.29 is 8.42 Å². The molecule has 1 aliphatic heterocycles. The number of fused-ring (bicyclic) bond motifs is 1. The highest BCUT2D eigenvalue weighted by atomic mass is 32.2. The Bertz CT molecular complexity index is 566. The zero-order chi connectivity index (χ0) is 12.7. The first-order valence-electron chi connectivity index (χ1n) is 5.77. The van der Waals surface area contributed by atoms with E-state index in [0.29, 0.717) is 0 Å². The van der Waals surface area contributed by atoms with Crippen LogP contribution in [0.1, 0.15) is 16.7 Å². The summed E-state index contributed by atoms with van der Waals surface area (Å²) < 4.78 is 23.0. The molecule has 0 fully saturated rings. The van der Waals surface area contributed by atoms with E-state index in [1.807, 2.05) is 18.2 Å². The number of hydrogen-bond donors (Lipinski definition) is 0. The van der Waals surface area contributed by atoms with E-state index in [-0.39, 0.29) is 11.5 Å². The Kier molecular flexibility index (Phi) is 3.04. The maximum Gasteiger partial charge on any atom is 0.158 e. The third-order valence-electron chi connectivity index (χ3n) is 2.76. The van der Waals surface area contributed by atoms with E-state index >= 15 is 0 Å². The molecule has 1 aromatic carbocycles. The molecule has 0 bridgehead atoms. The molecule has 0 saturated carbocycles. The molecule has 1 heterocycles. The SMILES string of the molecule is C[Si](C)(C)/C=C/c1ccc2c(c1)CS(=O)(=O)C2. The van der Waals surface area contributed by atoms with E-state index in [1.165, 1.54) is 0 Å². The van der Waals surface area contributed by atoms with Crippen molar-refractivity contribution in [3.8, 4) is 0 Å². The van der Waals surface area contributed by atoms with Gasteiger partial charge in [0.25, 0.3) is 0 Å². The van der Waals surface area contributed by atoms with Gasteiger partial charge in [-0.1, -0.05) is 49.6 Å². The van der Waals surface area contributed by atoms with Crippen molar-refractivity contribution in [2.24, 2.45) is 0 Å². The summed E-state index contributed by atoms with van der Waals surface area (Å²) in [6.07, 6.45) is 2.12. The van der Waals surface area contributed by atoms with Crippen LogP contribution in [0.5, 0.6) is 0 Å². The average Bonchev–Trinajstić information content (AvgIpc) is 2.46. The second-order valence-electron chi connectivity index (χ2n) is 5.76. The van der Waals surface area contributed by atoms with Crippen LogP contribution in [0.25, 0.3) is 6.08 Å². The van der Waals surface area contributed by atoms with E-state index in [4.69, 9.17) is 0 Å². The first kappa shape index (κ1) is 12.6. The molecule has 0 saturated heterocycles. The van der Waals surface area contributed by atoms with Crippen LogP contribution in [0, 0.1) is 0 Å². The Balaban J connectivity index is 2.29. The third-order valence-corrected chi connectivity index (χ3v) is 5.43. The molecule has 1 aliphatic rings. The summed E-state index contributed by atoms with van der Waals surface area (Å²) >= 11 is 0. The fourth-order valence-electron chi connectivity index (χ4n) is 1.90. The molecule has 0 amide bonds. The summed E-state index contributed by atoms with van der Waals surface area (Å²) in [5.74, 6) is 0.414. The summed E-state index contributed by atoms with van der Waals surface area (Å²) in [6, 6.07) is 5.97. The van der Waals surface area contributed by atoms with Crippen molar-refractivity contribution >= 4 is 24.0 Å². The quantitative estimate of drug-likeness (QED) is 0.771. The fraction of sp³-hybridized carbons (Fsp3) is 0.385. The molecule has 0 aliphatic carbocycles. The van der Waals surface area contributed by atoms with Gasteiger partial charge in [0.05, 0.1) is 19.6 Å². The highest BCUT2D eigenvalue weighted by Gasteiger charge is 2.24. The second-order valence-corrected chi connectivity index (χ2v) is 12.9. The third kappa shape index (κ3) is 3.29. The van der Waals surface area contributed by atoms with Crippen LogP contribution < -0.4 is 0 Å². The second kappa shape index (κ2) is 4.10. The Morgan fingerprint density at radius 1 is 1.12 bits per heavy atom. The van der Waals surface area contributed by atoms with Crippen LogP contribution >= 0.6 is 0 Å². The lowest BCUT2D eigenvalue weighted by Gasteiger charge is -2.08. The largest absolute Gasteiger partial charge is 0.228 e. The predicted octanol–water partition coefficient (Wildman–Crippen LogP) is 3.01. The molecular weight excluding hydrogens is 248 g/mol. The summed E-state index contributed by atoms with van der Waals surface area (Å²) in [7, 11) is -4.07. The van der Waals surface area contributed by atoms with E-state index < -0.39 is 17.9 Å². The predicted molar refractivity (Wildman–Crippen MR) is 75.1 cm³/mol. The molecule has 0 radical (unpaired) electrons. The average molecular weight is 266 g/mol. The van der Waals surface area contributed by atoms with Gasteiger partial charge in [-0.15, -0.1) is 0 Å². The molecular formula is C13H18O2SSi. The summed E-state index contributed by atoms with van der Waals surface area (Å²) in [5, 5.41) is 0. The molecule has 0 atom stereocenters. The van der Waals surface area contributed by atoms with Gasteiger partial charge in [0.2, 0.25) is 0 Å². The van der Waals surface area contributed by atoms with Crippen LogP contribution in [0.2, 0.25) is 19.6 Å².